The first kappa shape index (κ1) is 11.7. The molecule has 1 rings (SSSR count). The van der Waals surface area contributed by atoms with Gasteiger partial charge < -0.3 is 4.74 Å². The summed E-state index contributed by atoms with van der Waals surface area (Å²) in [4.78, 5) is 11.0. The number of nitriles is 1. The van der Waals surface area contributed by atoms with E-state index in [0.29, 0.717) is 0 Å². The minimum Gasteiger partial charge on any atom is -0.469 e. The molecule has 0 saturated heterocycles. The molecule has 1 atom stereocenters. The summed E-state index contributed by atoms with van der Waals surface area (Å²) in [7, 11) is 1.32. The van der Waals surface area contributed by atoms with E-state index >= 15 is 0 Å². The highest BCUT2D eigenvalue weighted by molar-refractivity contribution is 9.10. The molecule has 0 amide bonds. The van der Waals surface area contributed by atoms with E-state index in [1.807, 2.05) is 24.3 Å². The van der Waals surface area contributed by atoms with E-state index in [4.69, 9.17) is 5.26 Å². The molecule has 0 saturated carbocycles. The summed E-state index contributed by atoms with van der Waals surface area (Å²) in [6.45, 7) is 0. The number of hydrogen-bond donors (Lipinski definition) is 0. The molecule has 15 heavy (non-hydrogen) atoms. The highest BCUT2D eigenvalue weighted by Crippen LogP contribution is 2.21. The van der Waals surface area contributed by atoms with Crippen LogP contribution in [0.5, 0.6) is 0 Å². The second-order valence-corrected chi connectivity index (χ2v) is 3.93. The van der Waals surface area contributed by atoms with Crippen molar-refractivity contribution in [2.75, 3.05) is 7.11 Å². The maximum atomic E-state index is 11.0. The van der Waals surface area contributed by atoms with Gasteiger partial charge in [0, 0.05) is 4.47 Å². The van der Waals surface area contributed by atoms with E-state index in [9.17, 15) is 4.79 Å². The highest BCUT2D eigenvalue weighted by atomic mass is 79.9. The fourth-order valence-corrected chi connectivity index (χ4v) is 1.45. The second kappa shape index (κ2) is 5.52. The molecule has 0 bridgehead atoms. The zero-order valence-electron chi connectivity index (χ0n) is 8.24. The Labute approximate surface area is 96.8 Å². The van der Waals surface area contributed by atoms with Gasteiger partial charge in [-0.25, -0.2) is 0 Å². The van der Waals surface area contributed by atoms with Gasteiger partial charge in [0.25, 0.3) is 0 Å². The van der Waals surface area contributed by atoms with Gasteiger partial charge in [-0.05, 0) is 17.7 Å². The van der Waals surface area contributed by atoms with Crippen LogP contribution in [0.3, 0.4) is 0 Å². The van der Waals surface area contributed by atoms with Gasteiger partial charge in [-0.3, -0.25) is 4.79 Å². The fourth-order valence-electron chi connectivity index (χ4n) is 1.18. The quantitative estimate of drug-likeness (QED) is 0.792. The number of halogens is 1. The van der Waals surface area contributed by atoms with Crippen LogP contribution >= 0.6 is 15.9 Å². The van der Waals surface area contributed by atoms with Crippen molar-refractivity contribution in [1.82, 2.24) is 0 Å². The Morgan fingerprint density at radius 1 is 1.53 bits per heavy atom. The van der Waals surface area contributed by atoms with Gasteiger partial charge in [0.1, 0.15) is 0 Å². The number of esters is 1. The van der Waals surface area contributed by atoms with Crippen LogP contribution in [-0.2, 0) is 9.53 Å². The van der Waals surface area contributed by atoms with Crippen LogP contribution in [0.15, 0.2) is 28.7 Å². The summed E-state index contributed by atoms with van der Waals surface area (Å²) in [6.07, 6.45) is 0.0919. The molecule has 1 aromatic carbocycles. The van der Waals surface area contributed by atoms with Crippen molar-refractivity contribution < 1.29 is 9.53 Å². The summed E-state index contributed by atoms with van der Waals surface area (Å²) < 4.78 is 5.47. The molecule has 0 aliphatic rings. The topological polar surface area (TPSA) is 50.1 Å². The molecular weight excluding hydrogens is 258 g/mol. The molecule has 1 aromatic rings. The number of ether oxygens (including phenoxy) is 1. The van der Waals surface area contributed by atoms with Gasteiger partial charge in [-0.1, -0.05) is 28.1 Å². The predicted octanol–water partition coefficient (Wildman–Crippen LogP) is 2.62. The van der Waals surface area contributed by atoms with Crippen molar-refractivity contribution >= 4 is 21.9 Å². The van der Waals surface area contributed by atoms with E-state index in [1.54, 1.807) is 0 Å². The first-order valence-electron chi connectivity index (χ1n) is 4.39. The highest BCUT2D eigenvalue weighted by Gasteiger charge is 2.15. The van der Waals surface area contributed by atoms with Crippen LogP contribution in [0.4, 0.5) is 0 Å². The van der Waals surface area contributed by atoms with Crippen molar-refractivity contribution in [3.8, 4) is 6.07 Å². The zero-order valence-corrected chi connectivity index (χ0v) is 9.82. The van der Waals surface area contributed by atoms with Crippen molar-refractivity contribution in [3.05, 3.63) is 34.3 Å². The molecule has 0 aromatic heterocycles. The number of carbonyl (C=O) groups excluding carboxylic acids is 1. The number of rotatable bonds is 3. The van der Waals surface area contributed by atoms with Crippen LogP contribution in [0.2, 0.25) is 0 Å². The molecule has 3 nitrogen and oxygen atoms in total. The summed E-state index contributed by atoms with van der Waals surface area (Å²) in [6, 6.07) is 9.42. The summed E-state index contributed by atoms with van der Waals surface area (Å²) in [5.74, 6) is -0.810. The Bertz CT molecular complexity index is 381. The van der Waals surface area contributed by atoms with Crippen molar-refractivity contribution in [2.24, 2.45) is 0 Å². The average Bonchev–Trinajstić information content (AvgIpc) is 2.27. The Morgan fingerprint density at radius 3 is 2.60 bits per heavy atom. The SMILES string of the molecule is COC(=O)C[C@@H](C#N)c1ccc(Br)cc1. The number of methoxy groups -OCH3 is 1. The Hall–Kier alpha value is -1.34. The molecule has 0 heterocycles. The normalized spacial score (nSPS) is 11.5. The molecular formula is C11H10BrNO2. The monoisotopic (exact) mass is 267 g/mol. The molecule has 0 aliphatic carbocycles. The van der Waals surface area contributed by atoms with Gasteiger partial charge in [0.2, 0.25) is 0 Å². The van der Waals surface area contributed by atoms with E-state index in [1.165, 1.54) is 7.11 Å². The number of nitrogens with zero attached hydrogens (tertiary/aromatic N) is 1. The van der Waals surface area contributed by atoms with E-state index in [0.717, 1.165) is 10.0 Å². The maximum absolute atomic E-state index is 11.0. The first-order valence-corrected chi connectivity index (χ1v) is 5.18. The van der Waals surface area contributed by atoms with Gasteiger partial charge in [-0.2, -0.15) is 5.26 Å². The third kappa shape index (κ3) is 3.37. The summed E-state index contributed by atoms with van der Waals surface area (Å²) in [5, 5.41) is 8.92. The zero-order chi connectivity index (χ0) is 11.3. The van der Waals surface area contributed by atoms with Gasteiger partial charge >= 0.3 is 5.97 Å². The average molecular weight is 268 g/mol. The minimum absolute atomic E-state index is 0.0919. The lowest BCUT2D eigenvalue weighted by Gasteiger charge is -2.07. The molecule has 0 N–H and O–H groups in total. The van der Waals surface area contributed by atoms with Crippen LogP contribution in [0.25, 0.3) is 0 Å². The molecule has 4 heteroatoms. The van der Waals surface area contributed by atoms with Crippen molar-refractivity contribution in [1.29, 1.82) is 5.26 Å². The second-order valence-electron chi connectivity index (χ2n) is 3.01. The van der Waals surface area contributed by atoms with Gasteiger partial charge in [0.05, 0.1) is 25.5 Å². The molecule has 0 radical (unpaired) electrons. The van der Waals surface area contributed by atoms with E-state index < -0.39 is 5.92 Å². The Kier molecular flexibility index (Phi) is 4.32. The van der Waals surface area contributed by atoms with Gasteiger partial charge in [-0.15, -0.1) is 0 Å². The fraction of sp³-hybridized carbons (Fsp3) is 0.273. The van der Waals surface area contributed by atoms with Crippen molar-refractivity contribution in [3.63, 3.8) is 0 Å². The van der Waals surface area contributed by atoms with Gasteiger partial charge in [0.15, 0.2) is 0 Å². The van der Waals surface area contributed by atoms with Crippen LogP contribution < -0.4 is 0 Å². The predicted molar refractivity (Wildman–Crippen MR) is 59.1 cm³/mol. The molecule has 0 spiro atoms. The molecule has 78 valence electrons. The molecule has 0 unspecified atom stereocenters. The largest absolute Gasteiger partial charge is 0.469 e. The number of carbonyl (C=O) groups is 1. The molecule has 0 fully saturated rings. The summed E-state index contributed by atoms with van der Waals surface area (Å²) >= 11 is 3.31. The van der Waals surface area contributed by atoms with Crippen LogP contribution in [0, 0.1) is 11.3 Å². The number of hydrogen-bond acceptors (Lipinski definition) is 3. The third-order valence-corrected chi connectivity index (χ3v) is 2.56. The lowest BCUT2D eigenvalue weighted by atomic mass is 9.97. The number of benzene rings is 1. The van der Waals surface area contributed by atoms with E-state index in [2.05, 4.69) is 26.7 Å². The van der Waals surface area contributed by atoms with Crippen LogP contribution in [0.1, 0.15) is 17.9 Å². The molecule has 0 aliphatic heterocycles. The van der Waals surface area contributed by atoms with E-state index in [-0.39, 0.29) is 12.4 Å². The van der Waals surface area contributed by atoms with Crippen LogP contribution in [-0.4, -0.2) is 13.1 Å². The lowest BCUT2D eigenvalue weighted by molar-refractivity contribution is -0.140. The Balaban J connectivity index is 2.80. The first-order chi connectivity index (χ1) is 7.17. The minimum atomic E-state index is -0.439. The third-order valence-electron chi connectivity index (χ3n) is 2.03. The smallest absolute Gasteiger partial charge is 0.307 e. The lowest BCUT2D eigenvalue weighted by Crippen LogP contribution is -2.07. The standard InChI is InChI=1S/C11H10BrNO2/c1-15-11(14)6-9(7-13)8-2-4-10(12)5-3-8/h2-5,9H,6H2,1H3/t9-/m0/s1. The maximum Gasteiger partial charge on any atom is 0.307 e. The summed E-state index contributed by atoms with van der Waals surface area (Å²) in [5.41, 5.74) is 0.825. The Morgan fingerprint density at radius 2 is 2.13 bits per heavy atom. The van der Waals surface area contributed by atoms with Crippen molar-refractivity contribution in [2.45, 2.75) is 12.3 Å².